The molecule has 1 atom stereocenters. The monoisotopic (exact) mass is 476 g/mol. The Kier molecular flexibility index (Phi) is 5.57. The molecule has 0 bridgehead atoms. The molecule has 174 valence electrons. The highest BCUT2D eigenvalue weighted by atomic mass is 32.2. The van der Waals surface area contributed by atoms with Crippen molar-refractivity contribution >= 4 is 32.5 Å². The van der Waals surface area contributed by atoms with Crippen molar-refractivity contribution < 1.29 is 17.9 Å². The molecule has 5 rings (SSSR count). The van der Waals surface area contributed by atoms with E-state index in [2.05, 4.69) is 10.4 Å². The number of hydrogen-bond acceptors (Lipinski definition) is 6. The van der Waals surface area contributed by atoms with Gasteiger partial charge in [0.1, 0.15) is 5.75 Å². The summed E-state index contributed by atoms with van der Waals surface area (Å²) in [7, 11) is -1.54. The van der Waals surface area contributed by atoms with Gasteiger partial charge in [0.25, 0.3) is 5.91 Å². The molecule has 0 saturated carbocycles. The summed E-state index contributed by atoms with van der Waals surface area (Å²) in [6, 6.07) is 18.1. The number of aromatic nitrogens is 3. The van der Waals surface area contributed by atoms with Crippen LogP contribution in [-0.4, -0.2) is 47.7 Å². The van der Waals surface area contributed by atoms with Crippen molar-refractivity contribution in [2.24, 2.45) is 0 Å². The second kappa shape index (κ2) is 8.57. The number of sulfone groups is 1. The normalized spacial score (nSPS) is 17.1. The minimum atomic E-state index is -3.13. The predicted molar refractivity (Wildman–Crippen MR) is 131 cm³/mol. The lowest BCUT2D eigenvalue weighted by atomic mass is 10.0. The highest BCUT2D eigenvalue weighted by molar-refractivity contribution is 7.91. The van der Waals surface area contributed by atoms with Crippen LogP contribution in [0.1, 0.15) is 28.5 Å². The molecular formula is C25H24N4O4S. The number of hydrogen-bond donors (Lipinski definition) is 1. The van der Waals surface area contributed by atoms with Gasteiger partial charge in [-0.2, -0.15) is 5.10 Å². The van der Waals surface area contributed by atoms with Crippen LogP contribution < -0.4 is 10.1 Å². The number of nitrogens with one attached hydrogen (secondary N) is 1. The number of methoxy groups -OCH3 is 1. The topological polar surface area (TPSA) is 103 Å². The van der Waals surface area contributed by atoms with Gasteiger partial charge < -0.3 is 10.1 Å². The summed E-state index contributed by atoms with van der Waals surface area (Å²) in [4.78, 5) is 18.3. The van der Waals surface area contributed by atoms with Crippen LogP contribution in [0.15, 0.2) is 60.7 Å². The van der Waals surface area contributed by atoms with E-state index in [-0.39, 0.29) is 23.5 Å². The molecular weight excluding hydrogens is 452 g/mol. The van der Waals surface area contributed by atoms with Crippen molar-refractivity contribution in [2.75, 3.05) is 23.9 Å². The molecule has 0 aliphatic carbocycles. The molecule has 8 nitrogen and oxygen atoms in total. The maximum absolute atomic E-state index is 13.4. The Labute approximate surface area is 197 Å². The molecule has 2 aromatic carbocycles. The number of aryl methyl sites for hydroxylation is 1. The van der Waals surface area contributed by atoms with Crippen LogP contribution >= 0.6 is 0 Å². The van der Waals surface area contributed by atoms with E-state index in [0.29, 0.717) is 45.8 Å². The Morgan fingerprint density at radius 1 is 1.12 bits per heavy atom. The zero-order chi connectivity index (χ0) is 23.9. The Morgan fingerprint density at radius 3 is 2.62 bits per heavy atom. The summed E-state index contributed by atoms with van der Waals surface area (Å²) in [5.74, 6) is 0.514. The van der Waals surface area contributed by atoms with Gasteiger partial charge in [0, 0.05) is 11.3 Å². The van der Waals surface area contributed by atoms with Crippen molar-refractivity contribution in [1.82, 2.24) is 14.8 Å². The molecule has 1 amide bonds. The lowest BCUT2D eigenvalue weighted by Crippen LogP contribution is -2.15. The molecule has 0 spiro atoms. The van der Waals surface area contributed by atoms with Crippen LogP contribution in [0.2, 0.25) is 0 Å². The SMILES string of the molecule is COc1cccc(-c2cc(C(=O)Nc3ccccc3)c3c(C)nn(C4CCS(=O)(=O)C4)c3n2)c1. The van der Waals surface area contributed by atoms with Gasteiger partial charge in [-0.25, -0.2) is 18.1 Å². The van der Waals surface area contributed by atoms with Crippen LogP contribution in [0.3, 0.4) is 0 Å². The van der Waals surface area contributed by atoms with E-state index in [9.17, 15) is 13.2 Å². The van der Waals surface area contributed by atoms with Crippen molar-refractivity contribution in [2.45, 2.75) is 19.4 Å². The highest BCUT2D eigenvalue weighted by Gasteiger charge is 2.32. The fraction of sp³-hybridized carbons (Fsp3) is 0.240. The van der Waals surface area contributed by atoms with Gasteiger partial charge in [-0.3, -0.25) is 4.79 Å². The molecule has 0 radical (unpaired) electrons. The van der Waals surface area contributed by atoms with Crippen molar-refractivity contribution in [3.63, 3.8) is 0 Å². The molecule has 34 heavy (non-hydrogen) atoms. The maximum atomic E-state index is 13.4. The smallest absolute Gasteiger partial charge is 0.256 e. The number of ether oxygens (including phenoxy) is 1. The third kappa shape index (κ3) is 4.14. The summed E-state index contributed by atoms with van der Waals surface area (Å²) in [5.41, 5.74) is 3.58. The number of carbonyl (C=O) groups is 1. The number of nitrogens with zero attached hydrogens (tertiary/aromatic N) is 3. The lowest BCUT2D eigenvalue weighted by molar-refractivity contribution is 0.102. The molecule has 9 heteroatoms. The third-order valence-corrected chi connectivity index (χ3v) is 7.78. The van der Waals surface area contributed by atoms with Gasteiger partial charge in [-0.1, -0.05) is 30.3 Å². The molecule has 4 aromatic rings. The van der Waals surface area contributed by atoms with Crippen LogP contribution in [-0.2, 0) is 9.84 Å². The number of anilines is 1. The summed E-state index contributed by atoms with van der Waals surface area (Å²) in [6.07, 6.45) is 0.467. The van der Waals surface area contributed by atoms with E-state index in [4.69, 9.17) is 9.72 Å². The Morgan fingerprint density at radius 2 is 1.91 bits per heavy atom. The largest absolute Gasteiger partial charge is 0.497 e. The van der Waals surface area contributed by atoms with Crippen molar-refractivity contribution in [1.29, 1.82) is 0 Å². The van der Waals surface area contributed by atoms with Crippen LogP contribution in [0, 0.1) is 6.92 Å². The fourth-order valence-corrected chi connectivity index (χ4v) is 6.06. The third-order valence-electron chi connectivity index (χ3n) is 6.03. The Bertz CT molecular complexity index is 1500. The highest BCUT2D eigenvalue weighted by Crippen LogP contribution is 2.33. The summed E-state index contributed by atoms with van der Waals surface area (Å²) in [5, 5.41) is 8.20. The predicted octanol–water partition coefficient (Wildman–Crippen LogP) is 4.03. The van der Waals surface area contributed by atoms with Crippen LogP contribution in [0.25, 0.3) is 22.3 Å². The number of rotatable bonds is 5. The number of carbonyl (C=O) groups excluding carboxylic acids is 1. The first-order chi connectivity index (χ1) is 16.3. The van der Waals surface area contributed by atoms with Gasteiger partial charge in [-0.15, -0.1) is 0 Å². The second-order valence-electron chi connectivity index (χ2n) is 8.39. The molecule has 1 unspecified atom stereocenters. The van der Waals surface area contributed by atoms with Gasteiger partial charge in [0.2, 0.25) is 0 Å². The van der Waals surface area contributed by atoms with Crippen molar-refractivity contribution in [3.8, 4) is 17.0 Å². The summed E-state index contributed by atoms with van der Waals surface area (Å²) in [6.45, 7) is 1.81. The van der Waals surface area contributed by atoms with Gasteiger partial charge in [0.15, 0.2) is 15.5 Å². The minimum Gasteiger partial charge on any atom is -0.497 e. The molecule has 1 saturated heterocycles. The lowest BCUT2D eigenvalue weighted by Gasteiger charge is -2.13. The second-order valence-corrected chi connectivity index (χ2v) is 10.6. The molecule has 1 fully saturated rings. The van der Waals surface area contributed by atoms with E-state index in [1.54, 1.807) is 17.9 Å². The van der Waals surface area contributed by atoms with Gasteiger partial charge in [0.05, 0.1) is 47.0 Å². The fourth-order valence-electron chi connectivity index (χ4n) is 4.37. The first-order valence-electron chi connectivity index (χ1n) is 11.0. The molecule has 1 N–H and O–H groups in total. The van der Waals surface area contributed by atoms with E-state index in [1.165, 1.54) is 0 Å². The summed E-state index contributed by atoms with van der Waals surface area (Å²) >= 11 is 0. The quantitative estimate of drug-likeness (QED) is 0.467. The zero-order valence-corrected chi connectivity index (χ0v) is 19.7. The molecule has 3 heterocycles. The number of fused-ring (bicyclic) bond motifs is 1. The number of pyridine rings is 1. The first kappa shape index (κ1) is 22.1. The minimum absolute atomic E-state index is 0.0137. The van der Waals surface area contributed by atoms with E-state index in [1.807, 2.05) is 61.5 Å². The van der Waals surface area contributed by atoms with Crippen LogP contribution in [0.5, 0.6) is 5.75 Å². The van der Waals surface area contributed by atoms with Crippen LogP contribution in [0.4, 0.5) is 5.69 Å². The Hall–Kier alpha value is -3.72. The summed E-state index contributed by atoms with van der Waals surface area (Å²) < 4.78 is 31.3. The van der Waals surface area contributed by atoms with E-state index in [0.717, 1.165) is 5.56 Å². The first-order valence-corrected chi connectivity index (χ1v) is 12.8. The van der Waals surface area contributed by atoms with E-state index >= 15 is 0 Å². The molecule has 1 aliphatic heterocycles. The van der Waals surface area contributed by atoms with Crippen molar-refractivity contribution in [3.05, 3.63) is 71.9 Å². The number of para-hydroxylation sites is 1. The van der Waals surface area contributed by atoms with Gasteiger partial charge in [-0.05, 0) is 43.7 Å². The molecule has 1 aliphatic rings. The standard InChI is InChI=1S/C25H24N4O4S/c1-16-23-21(25(30)26-18-8-4-3-5-9-18)14-22(17-7-6-10-20(13-17)33-2)27-24(23)29(28-16)19-11-12-34(31,32)15-19/h3-10,13-14,19H,11-12,15H2,1-2H3,(H,26,30). The average molecular weight is 477 g/mol. The average Bonchev–Trinajstić information content (AvgIpc) is 3.37. The van der Waals surface area contributed by atoms with Gasteiger partial charge >= 0.3 is 0 Å². The molecule has 2 aromatic heterocycles. The zero-order valence-electron chi connectivity index (χ0n) is 18.9. The number of benzene rings is 2. The van der Waals surface area contributed by atoms with E-state index < -0.39 is 9.84 Å². The number of amides is 1. The maximum Gasteiger partial charge on any atom is 0.256 e. The Balaban J connectivity index is 1.69.